The molecule has 3 fully saturated rings. The average molecular weight is 491 g/mol. The van der Waals surface area contributed by atoms with Gasteiger partial charge in [-0.05, 0) is 28.3 Å². The lowest BCUT2D eigenvalue weighted by molar-refractivity contribution is 0.0439. The molecule has 2 aliphatic carbocycles. The zero-order valence-corrected chi connectivity index (χ0v) is 21.4. The van der Waals surface area contributed by atoms with Crippen molar-refractivity contribution in [2.45, 2.75) is 56.9 Å². The van der Waals surface area contributed by atoms with E-state index in [9.17, 15) is 9.90 Å². The summed E-state index contributed by atoms with van der Waals surface area (Å²) in [5, 5.41) is 21.2. The number of carbonyl (C=O) groups excluding carboxylic acids is 1. The summed E-state index contributed by atoms with van der Waals surface area (Å²) in [6.07, 6.45) is 2.08. The van der Waals surface area contributed by atoms with Gasteiger partial charge in [0.2, 0.25) is 11.2 Å². The Hall–Kier alpha value is -3.15. The van der Waals surface area contributed by atoms with Gasteiger partial charge in [-0.15, -0.1) is 0 Å². The molecule has 8 heteroatoms. The van der Waals surface area contributed by atoms with Crippen LogP contribution < -0.4 is 10.4 Å². The predicted molar refractivity (Wildman–Crippen MR) is 135 cm³/mol. The van der Waals surface area contributed by atoms with Gasteiger partial charge in [-0.1, -0.05) is 81.4 Å². The van der Waals surface area contributed by atoms with Crippen LogP contribution in [-0.2, 0) is 9.16 Å². The molecule has 182 valence electrons. The molecular weight excluding hydrogens is 458 g/mol. The van der Waals surface area contributed by atoms with Crippen LogP contribution >= 0.6 is 0 Å². The Labute approximate surface area is 207 Å². The number of hydrogen-bond donors (Lipinski definition) is 1. The minimum absolute atomic E-state index is 0.0294. The molecule has 0 spiro atoms. The average Bonchev–Trinajstić information content (AvgIpc) is 3.49. The summed E-state index contributed by atoms with van der Waals surface area (Å²) in [5.74, 6) is 0.158. The minimum Gasteiger partial charge on any atom is -0.504 e. The fraction of sp³-hybridized carbons (Fsp3) is 0.444. The Bertz CT molecular complexity index is 1120. The van der Waals surface area contributed by atoms with Crippen molar-refractivity contribution in [3.8, 4) is 0 Å². The van der Waals surface area contributed by atoms with Gasteiger partial charge in [0.25, 0.3) is 8.32 Å². The highest BCUT2D eigenvalue weighted by Crippen LogP contribution is 2.54. The van der Waals surface area contributed by atoms with E-state index in [2.05, 4.69) is 74.3 Å². The van der Waals surface area contributed by atoms with Crippen LogP contribution in [0.5, 0.6) is 0 Å². The van der Waals surface area contributed by atoms with Crippen molar-refractivity contribution in [1.29, 1.82) is 5.39 Å². The van der Waals surface area contributed by atoms with Crippen LogP contribution in [0.25, 0.3) is 4.98 Å². The Morgan fingerprint density at radius 3 is 2.29 bits per heavy atom. The van der Waals surface area contributed by atoms with E-state index in [1.165, 1.54) is 10.4 Å². The van der Waals surface area contributed by atoms with Crippen molar-refractivity contribution in [2.75, 3.05) is 6.54 Å². The van der Waals surface area contributed by atoms with Crippen molar-refractivity contribution >= 4 is 24.8 Å². The van der Waals surface area contributed by atoms with Gasteiger partial charge in [-0.25, -0.2) is 4.79 Å². The van der Waals surface area contributed by atoms with Gasteiger partial charge in [0.15, 0.2) is 4.98 Å². The van der Waals surface area contributed by atoms with Crippen molar-refractivity contribution in [3.05, 3.63) is 77.6 Å². The summed E-state index contributed by atoms with van der Waals surface area (Å²) in [7, 11) is -2.73. The maximum absolute atomic E-state index is 12.7. The van der Waals surface area contributed by atoms with Crippen LogP contribution in [0.4, 0.5) is 4.79 Å². The molecule has 1 amide bonds. The molecule has 0 aromatic heterocycles. The topological polar surface area (TPSA) is 87.2 Å². The Kier molecular flexibility index (Phi) is 5.94. The number of aliphatic hydroxyl groups excluding tert-OH is 1. The fourth-order valence-electron chi connectivity index (χ4n) is 6.61. The summed E-state index contributed by atoms with van der Waals surface area (Å²) in [6, 6.07) is 21.0. The van der Waals surface area contributed by atoms with Crippen LogP contribution in [0, 0.1) is 17.2 Å². The van der Waals surface area contributed by atoms with E-state index in [1.54, 1.807) is 4.90 Å². The standard InChI is InChI=1S/C27H31N3O4Si/c1-27(2,3)35(20-10-6-4-7-11-20,21-12-8-5-9-13-21)34-23-15-18-14-22(23)24-25(18)33-26(32)30(24)17-19(31)16-29-28/h4-13,16,18,22-25H,14-15,17H2,1-3H3/p+1/b19-16-/t18-,22+,23-,24-,25+/m0/s1. The largest absolute Gasteiger partial charge is 0.504 e. The third-order valence-electron chi connectivity index (χ3n) is 7.94. The lowest BCUT2D eigenvalue weighted by atomic mass is 9.90. The molecule has 7 nitrogen and oxygen atoms in total. The quantitative estimate of drug-likeness (QED) is 0.368. The van der Waals surface area contributed by atoms with Crippen LogP contribution in [0.2, 0.25) is 5.04 Å². The van der Waals surface area contributed by atoms with Crippen molar-refractivity contribution in [2.24, 2.45) is 11.8 Å². The highest BCUT2D eigenvalue weighted by atomic mass is 28.4. The van der Waals surface area contributed by atoms with Gasteiger partial charge in [-0.2, -0.15) is 0 Å². The predicted octanol–water partition coefficient (Wildman–Crippen LogP) is 4.41. The smallest absolute Gasteiger partial charge is 0.410 e. The normalized spacial score (nSPS) is 28.1. The first-order valence-electron chi connectivity index (χ1n) is 12.2. The van der Waals surface area contributed by atoms with E-state index in [1.807, 2.05) is 12.1 Å². The zero-order valence-electron chi connectivity index (χ0n) is 20.4. The number of rotatable bonds is 6. The number of hydrogen-bond acceptors (Lipinski definition) is 5. The van der Waals surface area contributed by atoms with Crippen LogP contribution in [0.15, 0.2) is 72.6 Å². The monoisotopic (exact) mass is 490 g/mol. The summed E-state index contributed by atoms with van der Waals surface area (Å²) in [6.45, 7) is 6.76. The minimum atomic E-state index is -2.73. The summed E-state index contributed by atoms with van der Waals surface area (Å²) >= 11 is 0. The molecule has 0 unspecified atom stereocenters. The lowest BCUT2D eigenvalue weighted by Gasteiger charge is -2.47. The van der Waals surface area contributed by atoms with Crippen molar-refractivity contribution in [1.82, 2.24) is 4.90 Å². The first-order valence-corrected chi connectivity index (χ1v) is 14.2. The van der Waals surface area contributed by atoms with E-state index in [0.717, 1.165) is 19.0 Å². The maximum atomic E-state index is 12.7. The molecule has 1 aliphatic heterocycles. The molecular formula is C27H32N3O4Si+. The van der Waals surface area contributed by atoms with E-state index in [0.29, 0.717) is 0 Å². The number of carbonyl (C=O) groups is 1. The summed E-state index contributed by atoms with van der Waals surface area (Å²) < 4.78 is 13.2. The number of fused-ring (bicyclic) bond motifs is 5. The second kappa shape index (κ2) is 8.81. The number of amides is 1. The Balaban J connectivity index is 1.53. The lowest BCUT2D eigenvalue weighted by Crippen LogP contribution is -2.68. The van der Waals surface area contributed by atoms with E-state index in [-0.39, 0.29) is 47.4 Å². The second-order valence-electron chi connectivity index (χ2n) is 10.9. The molecule has 35 heavy (non-hydrogen) atoms. The van der Waals surface area contributed by atoms with Crippen molar-refractivity contribution in [3.63, 3.8) is 0 Å². The zero-order chi connectivity index (χ0) is 24.8. The highest BCUT2D eigenvalue weighted by molar-refractivity contribution is 6.99. The molecule has 1 heterocycles. The van der Waals surface area contributed by atoms with Gasteiger partial charge in [0, 0.05) is 11.8 Å². The molecule has 5 atom stereocenters. The third kappa shape index (κ3) is 3.83. The van der Waals surface area contributed by atoms with Gasteiger partial charge in [-0.3, -0.25) is 4.90 Å². The Morgan fingerprint density at radius 2 is 1.74 bits per heavy atom. The number of nitrogens with zero attached hydrogens (tertiary/aromatic N) is 3. The molecule has 1 saturated heterocycles. The Morgan fingerprint density at radius 1 is 1.14 bits per heavy atom. The molecule has 2 bridgehead atoms. The highest BCUT2D eigenvalue weighted by Gasteiger charge is 2.64. The van der Waals surface area contributed by atoms with E-state index >= 15 is 0 Å². The van der Waals surface area contributed by atoms with Gasteiger partial charge in [0.05, 0.1) is 18.7 Å². The van der Waals surface area contributed by atoms with Gasteiger partial charge in [0.1, 0.15) is 6.10 Å². The number of diazo groups is 1. The molecule has 3 aliphatic rings. The van der Waals surface area contributed by atoms with Crippen LogP contribution in [-0.4, -0.2) is 49.2 Å². The fourth-order valence-corrected chi connectivity index (χ4v) is 11.3. The first kappa shape index (κ1) is 23.6. The number of benzene rings is 2. The molecule has 1 N–H and O–H groups in total. The first-order chi connectivity index (χ1) is 16.8. The van der Waals surface area contributed by atoms with Gasteiger partial charge < -0.3 is 14.3 Å². The SMILES string of the molecule is CC(C)(C)[Si](O[C@H]1C[C@@H]2C[C@H]1[C@H]1[C@@H]2OC(=O)N1C/C(O)=C/[N+]#N)(c1ccccc1)c1ccccc1. The number of aliphatic hydroxyl groups is 1. The van der Waals surface area contributed by atoms with Crippen molar-refractivity contribution < 1.29 is 19.1 Å². The molecule has 5 rings (SSSR count). The summed E-state index contributed by atoms with van der Waals surface area (Å²) in [5.41, 5.74) is 0. The second-order valence-corrected chi connectivity index (χ2v) is 15.2. The van der Waals surface area contributed by atoms with E-state index < -0.39 is 14.4 Å². The number of ether oxygens (including phenoxy) is 1. The molecule has 2 aromatic rings. The van der Waals surface area contributed by atoms with Gasteiger partial charge >= 0.3 is 12.3 Å². The molecule has 2 aromatic carbocycles. The van der Waals surface area contributed by atoms with Crippen LogP contribution in [0.3, 0.4) is 0 Å². The third-order valence-corrected chi connectivity index (χ3v) is 13.0. The maximum Gasteiger partial charge on any atom is 0.410 e. The molecule has 0 radical (unpaired) electrons. The summed E-state index contributed by atoms with van der Waals surface area (Å²) in [4.78, 5) is 17.1. The molecule has 2 saturated carbocycles. The van der Waals surface area contributed by atoms with E-state index in [4.69, 9.17) is 14.6 Å². The van der Waals surface area contributed by atoms with Crippen LogP contribution in [0.1, 0.15) is 33.6 Å².